The van der Waals surface area contributed by atoms with Gasteiger partial charge in [-0.2, -0.15) is 0 Å². The second-order valence-electron chi connectivity index (χ2n) is 4.62. The molecule has 1 saturated carbocycles. The second kappa shape index (κ2) is 4.51. The number of halogens is 2. The van der Waals surface area contributed by atoms with Gasteiger partial charge in [0.1, 0.15) is 5.52 Å². The maximum absolute atomic E-state index is 6.10. The molecule has 4 heteroatoms. The summed E-state index contributed by atoms with van der Waals surface area (Å²) in [4.78, 5) is 4.52. The summed E-state index contributed by atoms with van der Waals surface area (Å²) in [5, 5.41) is 1.15. The lowest BCUT2D eigenvalue weighted by atomic mass is 9.89. The van der Waals surface area contributed by atoms with Crippen LogP contribution in [0.25, 0.3) is 11.1 Å². The molecule has 1 aliphatic rings. The molecule has 1 aliphatic carbocycles. The number of oxazole rings is 1. The Morgan fingerprint density at radius 2 is 1.88 bits per heavy atom. The van der Waals surface area contributed by atoms with E-state index in [4.69, 9.17) is 27.6 Å². The second-order valence-corrected chi connectivity index (χ2v) is 5.47. The van der Waals surface area contributed by atoms with Gasteiger partial charge in [0.15, 0.2) is 11.5 Å². The van der Waals surface area contributed by atoms with Gasteiger partial charge in [-0.1, -0.05) is 42.5 Å². The molecule has 0 spiro atoms. The van der Waals surface area contributed by atoms with Gasteiger partial charge in [-0.05, 0) is 25.0 Å². The summed E-state index contributed by atoms with van der Waals surface area (Å²) in [6.07, 6.45) is 6.18. The minimum atomic E-state index is 0.450. The third-order valence-corrected chi connectivity index (χ3v) is 3.88. The van der Waals surface area contributed by atoms with Gasteiger partial charge < -0.3 is 4.42 Å². The Balaban J connectivity index is 2.03. The predicted octanol–water partition coefficient (Wildman–Crippen LogP) is 5.18. The molecule has 2 nitrogen and oxygen atoms in total. The van der Waals surface area contributed by atoms with Gasteiger partial charge in [-0.15, -0.1) is 0 Å². The zero-order chi connectivity index (χ0) is 11.8. The number of nitrogens with zero attached hydrogens (tertiary/aromatic N) is 1. The number of rotatable bonds is 1. The number of benzene rings is 1. The van der Waals surface area contributed by atoms with Crippen molar-refractivity contribution in [2.75, 3.05) is 0 Å². The highest BCUT2D eigenvalue weighted by atomic mass is 35.5. The summed E-state index contributed by atoms with van der Waals surface area (Å²) in [5.41, 5.74) is 1.43. The van der Waals surface area contributed by atoms with Crippen LogP contribution in [0.3, 0.4) is 0 Å². The van der Waals surface area contributed by atoms with Crippen LogP contribution in [-0.4, -0.2) is 4.98 Å². The Morgan fingerprint density at radius 3 is 2.65 bits per heavy atom. The molecule has 0 radical (unpaired) electrons. The van der Waals surface area contributed by atoms with E-state index >= 15 is 0 Å². The van der Waals surface area contributed by atoms with Gasteiger partial charge in [0.2, 0.25) is 0 Å². The molecule has 3 rings (SSSR count). The standard InChI is InChI=1S/C13H13Cl2NO/c14-9-6-10(15)12-11(7-9)16-13(17-12)8-4-2-1-3-5-8/h6-8H,1-5H2. The van der Waals surface area contributed by atoms with Crippen molar-refractivity contribution in [2.45, 2.75) is 38.0 Å². The molecular formula is C13H13Cl2NO. The average Bonchev–Trinajstić information content (AvgIpc) is 2.74. The molecule has 0 saturated heterocycles. The van der Waals surface area contributed by atoms with Crippen LogP contribution in [0.4, 0.5) is 0 Å². The number of hydrogen-bond acceptors (Lipinski definition) is 2. The van der Waals surface area contributed by atoms with Gasteiger partial charge in [-0.25, -0.2) is 4.98 Å². The molecule has 1 heterocycles. The molecule has 0 amide bonds. The summed E-state index contributed by atoms with van der Waals surface area (Å²) < 4.78 is 5.79. The van der Waals surface area contributed by atoms with E-state index in [9.17, 15) is 0 Å². The minimum Gasteiger partial charge on any atom is -0.439 e. The van der Waals surface area contributed by atoms with Gasteiger partial charge in [0, 0.05) is 10.9 Å². The average molecular weight is 270 g/mol. The SMILES string of the molecule is Clc1cc(Cl)c2oc(C3CCCCC3)nc2c1. The Kier molecular flexibility index (Phi) is 3.01. The lowest BCUT2D eigenvalue weighted by molar-refractivity contribution is 0.373. The first kappa shape index (κ1) is 11.4. The zero-order valence-electron chi connectivity index (χ0n) is 9.38. The van der Waals surface area contributed by atoms with Gasteiger partial charge in [-0.3, -0.25) is 0 Å². The molecule has 90 valence electrons. The Hall–Kier alpha value is -0.730. The topological polar surface area (TPSA) is 26.0 Å². The summed E-state index contributed by atoms with van der Waals surface area (Å²) in [7, 11) is 0. The van der Waals surface area contributed by atoms with Crippen molar-refractivity contribution in [1.82, 2.24) is 4.98 Å². The van der Waals surface area contributed by atoms with Crippen LogP contribution in [0.1, 0.15) is 43.9 Å². The Bertz CT molecular complexity index is 544. The van der Waals surface area contributed by atoms with Crippen LogP contribution in [0.5, 0.6) is 0 Å². The largest absolute Gasteiger partial charge is 0.439 e. The summed E-state index contributed by atoms with van der Waals surface area (Å²) in [5.74, 6) is 1.27. The molecule has 17 heavy (non-hydrogen) atoms. The third kappa shape index (κ3) is 2.16. The van der Waals surface area contributed by atoms with Crippen LogP contribution in [-0.2, 0) is 0 Å². The highest BCUT2D eigenvalue weighted by molar-refractivity contribution is 6.37. The van der Waals surface area contributed by atoms with Gasteiger partial charge in [0.25, 0.3) is 0 Å². The van der Waals surface area contributed by atoms with Crippen LogP contribution < -0.4 is 0 Å². The molecule has 1 aromatic heterocycles. The van der Waals surface area contributed by atoms with E-state index in [1.807, 2.05) is 0 Å². The van der Waals surface area contributed by atoms with Gasteiger partial charge >= 0.3 is 0 Å². The first-order chi connectivity index (χ1) is 8.24. The van der Waals surface area contributed by atoms with Crippen molar-refractivity contribution in [3.63, 3.8) is 0 Å². The Labute approximate surface area is 110 Å². The first-order valence-electron chi connectivity index (χ1n) is 5.99. The highest BCUT2D eigenvalue weighted by Crippen LogP contribution is 2.36. The monoisotopic (exact) mass is 269 g/mol. The fraction of sp³-hybridized carbons (Fsp3) is 0.462. The summed E-state index contributed by atoms with van der Waals surface area (Å²) >= 11 is 12.0. The fourth-order valence-corrected chi connectivity index (χ4v) is 3.02. The van der Waals surface area contributed by atoms with Crippen LogP contribution >= 0.6 is 23.2 Å². The van der Waals surface area contributed by atoms with E-state index in [-0.39, 0.29) is 0 Å². The normalized spacial score (nSPS) is 17.8. The van der Waals surface area contributed by atoms with E-state index in [0.29, 0.717) is 21.5 Å². The molecule has 0 aliphatic heterocycles. The molecule has 1 fully saturated rings. The highest BCUT2D eigenvalue weighted by Gasteiger charge is 2.21. The van der Waals surface area contributed by atoms with Crippen LogP contribution in [0, 0.1) is 0 Å². The van der Waals surface area contributed by atoms with E-state index in [0.717, 1.165) is 24.2 Å². The lowest BCUT2D eigenvalue weighted by Gasteiger charge is -2.17. The maximum atomic E-state index is 6.10. The number of aromatic nitrogens is 1. The predicted molar refractivity (Wildman–Crippen MR) is 69.9 cm³/mol. The molecule has 0 unspecified atom stereocenters. The molecular weight excluding hydrogens is 257 g/mol. The van der Waals surface area contributed by atoms with Crippen molar-refractivity contribution < 1.29 is 4.42 Å². The number of hydrogen-bond donors (Lipinski definition) is 0. The fourth-order valence-electron chi connectivity index (χ4n) is 2.50. The minimum absolute atomic E-state index is 0.450. The smallest absolute Gasteiger partial charge is 0.198 e. The Morgan fingerprint density at radius 1 is 1.12 bits per heavy atom. The molecule has 0 atom stereocenters. The van der Waals surface area contributed by atoms with Crippen LogP contribution in [0.2, 0.25) is 10.0 Å². The van der Waals surface area contributed by atoms with Gasteiger partial charge in [0.05, 0.1) is 5.02 Å². The first-order valence-corrected chi connectivity index (χ1v) is 6.75. The summed E-state index contributed by atoms with van der Waals surface area (Å²) in [6, 6.07) is 3.50. The van der Waals surface area contributed by atoms with Crippen molar-refractivity contribution in [3.05, 3.63) is 28.1 Å². The molecule has 0 N–H and O–H groups in total. The quantitative estimate of drug-likeness (QED) is 0.713. The van der Waals surface area contributed by atoms with Crippen molar-refractivity contribution in [2.24, 2.45) is 0 Å². The lowest BCUT2D eigenvalue weighted by Crippen LogP contribution is -2.04. The van der Waals surface area contributed by atoms with E-state index < -0.39 is 0 Å². The van der Waals surface area contributed by atoms with Crippen molar-refractivity contribution >= 4 is 34.3 Å². The van der Waals surface area contributed by atoms with E-state index in [2.05, 4.69) is 4.98 Å². The van der Waals surface area contributed by atoms with Crippen molar-refractivity contribution in [1.29, 1.82) is 0 Å². The summed E-state index contributed by atoms with van der Waals surface area (Å²) in [6.45, 7) is 0. The molecule has 2 aromatic rings. The maximum Gasteiger partial charge on any atom is 0.198 e. The van der Waals surface area contributed by atoms with Crippen molar-refractivity contribution in [3.8, 4) is 0 Å². The zero-order valence-corrected chi connectivity index (χ0v) is 10.9. The van der Waals surface area contributed by atoms with Crippen LogP contribution in [0.15, 0.2) is 16.5 Å². The number of fused-ring (bicyclic) bond motifs is 1. The third-order valence-electron chi connectivity index (χ3n) is 3.38. The van der Waals surface area contributed by atoms with E-state index in [1.165, 1.54) is 19.3 Å². The molecule has 1 aromatic carbocycles. The molecule has 0 bridgehead atoms. The van der Waals surface area contributed by atoms with E-state index in [1.54, 1.807) is 12.1 Å².